The van der Waals surface area contributed by atoms with E-state index in [-0.39, 0.29) is 25.3 Å². The number of hydroxylamine groups is 2. The SMILES string of the molecule is CC(CO)N(O)C(C)CO. The topological polar surface area (TPSA) is 63.9 Å². The van der Waals surface area contributed by atoms with Crippen LogP contribution >= 0.6 is 0 Å². The zero-order chi connectivity index (χ0) is 8.15. The standard InChI is InChI=1S/C6H15NO3/c1-5(3-8)7(10)6(2)4-9/h5-6,8-10H,3-4H2,1-2H3. The highest BCUT2D eigenvalue weighted by atomic mass is 16.5. The molecule has 0 aromatic heterocycles. The summed E-state index contributed by atoms with van der Waals surface area (Å²) in [6.07, 6.45) is 0. The van der Waals surface area contributed by atoms with Gasteiger partial charge in [-0.05, 0) is 13.8 Å². The van der Waals surface area contributed by atoms with E-state index >= 15 is 0 Å². The molecule has 62 valence electrons. The molecule has 0 aliphatic rings. The quantitative estimate of drug-likeness (QED) is 0.469. The highest BCUT2D eigenvalue weighted by Crippen LogP contribution is 1.99. The van der Waals surface area contributed by atoms with Crippen LogP contribution in [0.4, 0.5) is 0 Å². The molecule has 4 nitrogen and oxygen atoms in total. The predicted molar refractivity (Wildman–Crippen MR) is 36.7 cm³/mol. The van der Waals surface area contributed by atoms with E-state index in [1.807, 2.05) is 0 Å². The maximum absolute atomic E-state index is 9.10. The van der Waals surface area contributed by atoms with Gasteiger partial charge in [0.2, 0.25) is 0 Å². The maximum Gasteiger partial charge on any atom is 0.0607 e. The molecule has 0 heterocycles. The third-order valence-electron chi connectivity index (χ3n) is 1.43. The molecule has 2 unspecified atom stereocenters. The Labute approximate surface area is 60.7 Å². The molecule has 0 aromatic carbocycles. The van der Waals surface area contributed by atoms with Crippen molar-refractivity contribution in [2.75, 3.05) is 13.2 Å². The summed E-state index contributed by atoms with van der Waals surface area (Å²) in [6.45, 7) is 3.12. The van der Waals surface area contributed by atoms with E-state index in [1.165, 1.54) is 0 Å². The van der Waals surface area contributed by atoms with E-state index in [4.69, 9.17) is 15.4 Å². The van der Waals surface area contributed by atoms with Crippen LogP contribution in [0.15, 0.2) is 0 Å². The first kappa shape index (κ1) is 9.84. The molecule has 4 heteroatoms. The Bertz CT molecular complexity index is 79.1. The first-order chi connectivity index (χ1) is 4.63. The average Bonchev–Trinajstić information content (AvgIpc) is 2.00. The van der Waals surface area contributed by atoms with Crippen LogP contribution in [0, 0.1) is 0 Å². The monoisotopic (exact) mass is 149 g/mol. The molecule has 0 aliphatic carbocycles. The Hall–Kier alpha value is -0.160. The van der Waals surface area contributed by atoms with Crippen molar-refractivity contribution in [2.24, 2.45) is 0 Å². The minimum atomic E-state index is -0.317. The van der Waals surface area contributed by atoms with Crippen molar-refractivity contribution in [3.8, 4) is 0 Å². The van der Waals surface area contributed by atoms with E-state index in [0.717, 1.165) is 5.06 Å². The maximum atomic E-state index is 9.10. The molecule has 2 atom stereocenters. The van der Waals surface area contributed by atoms with Crippen LogP contribution in [0.2, 0.25) is 0 Å². The average molecular weight is 149 g/mol. The normalized spacial score (nSPS) is 17.4. The Morgan fingerprint density at radius 1 is 1.10 bits per heavy atom. The van der Waals surface area contributed by atoms with Crippen molar-refractivity contribution in [2.45, 2.75) is 25.9 Å². The summed E-state index contributed by atoms with van der Waals surface area (Å²) in [5.41, 5.74) is 0. The Morgan fingerprint density at radius 2 is 1.40 bits per heavy atom. The zero-order valence-electron chi connectivity index (χ0n) is 6.36. The largest absolute Gasteiger partial charge is 0.395 e. The van der Waals surface area contributed by atoms with Gasteiger partial charge in [-0.3, -0.25) is 0 Å². The lowest BCUT2D eigenvalue weighted by Crippen LogP contribution is -2.41. The summed E-state index contributed by atoms with van der Waals surface area (Å²) < 4.78 is 0. The Kier molecular flexibility index (Phi) is 4.55. The molecule has 0 radical (unpaired) electrons. The summed E-state index contributed by atoms with van der Waals surface area (Å²) in [5, 5.41) is 27.2. The summed E-state index contributed by atoms with van der Waals surface area (Å²) in [7, 11) is 0. The van der Waals surface area contributed by atoms with Crippen molar-refractivity contribution in [1.82, 2.24) is 5.06 Å². The van der Waals surface area contributed by atoms with Gasteiger partial charge in [0.1, 0.15) is 0 Å². The molecule has 0 spiro atoms. The van der Waals surface area contributed by atoms with Gasteiger partial charge in [0.25, 0.3) is 0 Å². The molecular weight excluding hydrogens is 134 g/mol. The van der Waals surface area contributed by atoms with Crippen LogP contribution in [0.25, 0.3) is 0 Å². The molecule has 10 heavy (non-hydrogen) atoms. The van der Waals surface area contributed by atoms with E-state index in [0.29, 0.717) is 0 Å². The fourth-order valence-electron chi connectivity index (χ4n) is 0.602. The Balaban J connectivity index is 3.69. The van der Waals surface area contributed by atoms with Crippen molar-refractivity contribution in [3.63, 3.8) is 0 Å². The lowest BCUT2D eigenvalue weighted by atomic mass is 10.3. The van der Waals surface area contributed by atoms with E-state index in [2.05, 4.69) is 0 Å². The lowest BCUT2D eigenvalue weighted by molar-refractivity contribution is -0.167. The van der Waals surface area contributed by atoms with Crippen molar-refractivity contribution < 1.29 is 15.4 Å². The number of aliphatic hydroxyl groups is 2. The summed E-state index contributed by atoms with van der Waals surface area (Å²) >= 11 is 0. The van der Waals surface area contributed by atoms with Crippen molar-refractivity contribution in [3.05, 3.63) is 0 Å². The van der Waals surface area contributed by atoms with Gasteiger partial charge in [-0.15, -0.1) is 0 Å². The third-order valence-corrected chi connectivity index (χ3v) is 1.43. The van der Waals surface area contributed by atoms with Gasteiger partial charge in [0.05, 0.1) is 25.3 Å². The number of hydrogen-bond donors (Lipinski definition) is 3. The second-order valence-electron chi connectivity index (χ2n) is 2.44. The van der Waals surface area contributed by atoms with Gasteiger partial charge in [-0.2, -0.15) is 5.06 Å². The second kappa shape index (κ2) is 4.62. The summed E-state index contributed by atoms with van der Waals surface area (Å²) in [6, 6.07) is -0.635. The number of nitrogens with zero attached hydrogens (tertiary/aromatic N) is 1. The second-order valence-corrected chi connectivity index (χ2v) is 2.44. The smallest absolute Gasteiger partial charge is 0.0607 e. The fraction of sp³-hybridized carbons (Fsp3) is 1.00. The van der Waals surface area contributed by atoms with E-state index in [9.17, 15) is 0 Å². The number of hydrogen-bond acceptors (Lipinski definition) is 4. The predicted octanol–water partition coefficient (Wildman–Crippen LogP) is -0.561. The highest BCUT2D eigenvalue weighted by Gasteiger charge is 2.15. The highest BCUT2D eigenvalue weighted by molar-refractivity contribution is 4.63. The van der Waals surface area contributed by atoms with Crippen molar-refractivity contribution >= 4 is 0 Å². The molecular formula is C6H15NO3. The molecule has 0 amide bonds. The van der Waals surface area contributed by atoms with Crippen LogP contribution in [0.5, 0.6) is 0 Å². The number of aliphatic hydroxyl groups excluding tert-OH is 2. The molecule has 3 N–H and O–H groups in total. The molecule has 0 saturated carbocycles. The van der Waals surface area contributed by atoms with Crippen LogP contribution < -0.4 is 0 Å². The van der Waals surface area contributed by atoms with Gasteiger partial charge < -0.3 is 15.4 Å². The van der Waals surface area contributed by atoms with Crippen LogP contribution in [-0.2, 0) is 0 Å². The van der Waals surface area contributed by atoms with Gasteiger partial charge in [0, 0.05) is 0 Å². The summed E-state index contributed by atoms with van der Waals surface area (Å²) in [5.74, 6) is 0. The first-order valence-corrected chi connectivity index (χ1v) is 3.32. The van der Waals surface area contributed by atoms with E-state index < -0.39 is 0 Å². The van der Waals surface area contributed by atoms with Crippen LogP contribution in [0.1, 0.15) is 13.8 Å². The summed E-state index contributed by atoms with van der Waals surface area (Å²) in [4.78, 5) is 0. The fourth-order valence-corrected chi connectivity index (χ4v) is 0.602. The van der Waals surface area contributed by atoms with Gasteiger partial charge in [-0.25, -0.2) is 0 Å². The van der Waals surface area contributed by atoms with Crippen LogP contribution in [-0.4, -0.2) is 45.8 Å². The molecule has 0 saturated heterocycles. The van der Waals surface area contributed by atoms with Gasteiger partial charge >= 0.3 is 0 Å². The van der Waals surface area contributed by atoms with Crippen molar-refractivity contribution in [1.29, 1.82) is 0 Å². The minimum absolute atomic E-state index is 0.110. The van der Waals surface area contributed by atoms with Gasteiger partial charge in [0.15, 0.2) is 0 Å². The van der Waals surface area contributed by atoms with Gasteiger partial charge in [-0.1, -0.05) is 0 Å². The molecule has 0 bridgehead atoms. The molecule has 0 aliphatic heterocycles. The molecule has 0 rings (SSSR count). The molecule has 0 aromatic rings. The van der Waals surface area contributed by atoms with E-state index in [1.54, 1.807) is 13.8 Å². The molecule has 0 fully saturated rings. The first-order valence-electron chi connectivity index (χ1n) is 3.32. The lowest BCUT2D eigenvalue weighted by Gasteiger charge is -2.25. The minimum Gasteiger partial charge on any atom is -0.395 e. The van der Waals surface area contributed by atoms with Crippen LogP contribution in [0.3, 0.4) is 0 Å². The third kappa shape index (κ3) is 2.62. The number of rotatable bonds is 4. The zero-order valence-corrected chi connectivity index (χ0v) is 6.36. The Morgan fingerprint density at radius 3 is 1.60 bits per heavy atom.